The van der Waals surface area contributed by atoms with E-state index >= 15 is 0 Å². The fraction of sp³-hybridized carbons (Fsp3) is 0.407. The van der Waals surface area contributed by atoms with Gasteiger partial charge in [-0.1, -0.05) is 66.9 Å². The minimum atomic E-state index is -4.15. The number of aromatic nitrogens is 2. The number of nitrogens with one attached hydrogen (secondary N) is 1. The van der Waals surface area contributed by atoms with E-state index in [4.69, 9.17) is 28.3 Å². The lowest BCUT2D eigenvalue weighted by molar-refractivity contribution is 0.0743. The van der Waals surface area contributed by atoms with Gasteiger partial charge in [-0.25, -0.2) is 9.69 Å². The van der Waals surface area contributed by atoms with Gasteiger partial charge in [0.05, 0.1) is 22.2 Å². The van der Waals surface area contributed by atoms with Crippen LogP contribution in [0.5, 0.6) is 0 Å². The van der Waals surface area contributed by atoms with Crippen LogP contribution in [0.3, 0.4) is 0 Å². The first-order valence-corrected chi connectivity index (χ1v) is 15.0. The molecule has 2 heterocycles. The summed E-state index contributed by atoms with van der Waals surface area (Å²) in [5.74, 6) is -1.28. The van der Waals surface area contributed by atoms with Crippen molar-refractivity contribution in [2.45, 2.75) is 45.4 Å². The number of amides is 1. The summed E-state index contributed by atoms with van der Waals surface area (Å²) in [7, 11) is -4.15. The molecule has 1 aliphatic rings. The molecule has 4 rings (SSSR count). The van der Waals surface area contributed by atoms with Crippen LogP contribution in [0.1, 0.15) is 65.8 Å². The smallest absolute Gasteiger partial charge is 0.286 e. The highest BCUT2D eigenvalue weighted by Gasteiger charge is 2.32. The van der Waals surface area contributed by atoms with Gasteiger partial charge >= 0.3 is 0 Å². The van der Waals surface area contributed by atoms with Gasteiger partial charge in [-0.2, -0.15) is 13.5 Å². The first kappa shape index (κ1) is 28.6. The predicted molar refractivity (Wildman–Crippen MR) is 150 cm³/mol. The largest absolute Gasteiger partial charge is 0.286 e. The van der Waals surface area contributed by atoms with E-state index in [1.165, 1.54) is 0 Å². The van der Waals surface area contributed by atoms with Gasteiger partial charge in [0.2, 0.25) is 0 Å². The van der Waals surface area contributed by atoms with Crippen molar-refractivity contribution in [2.24, 2.45) is 5.92 Å². The number of hydrazine groups is 1. The molecule has 3 aromatic rings. The van der Waals surface area contributed by atoms with Crippen molar-refractivity contribution in [3.63, 3.8) is 0 Å². The van der Waals surface area contributed by atoms with Crippen LogP contribution in [-0.2, 0) is 10.1 Å². The molecule has 38 heavy (non-hydrogen) atoms. The molecule has 0 saturated carbocycles. The molecule has 2 unspecified atom stereocenters. The van der Waals surface area contributed by atoms with Gasteiger partial charge in [-0.3, -0.25) is 14.8 Å². The monoisotopic (exact) mass is 578 g/mol. The van der Waals surface area contributed by atoms with Gasteiger partial charge in [0.25, 0.3) is 16.0 Å². The Hall–Kier alpha value is -2.43. The van der Waals surface area contributed by atoms with Crippen molar-refractivity contribution < 1.29 is 17.8 Å². The van der Waals surface area contributed by atoms with Crippen LogP contribution in [0.4, 0.5) is 0 Å². The lowest BCUT2D eigenvalue weighted by Crippen LogP contribution is -2.45. The average Bonchev–Trinajstić information content (AvgIpc) is 3.20. The van der Waals surface area contributed by atoms with E-state index in [0.717, 1.165) is 37.9 Å². The molecule has 1 aliphatic heterocycles. The molecular weight excluding hydrogens is 547 g/mol. The zero-order chi connectivity index (χ0) is 27.4. The van der Waals surface area contributed by atoms with Crippen molar-refractivity contribution in [3.8, 4) is 5.69 Å². The maximum absolute atomic E-state index is 13.5. The lowest BCUT2D eigenvalue weighted by atomic mass is 9.81. The SMILES string of the molecule is Cc1c(C(=O)NN2CCCCC2)nn(-c2ccc(Cl)cc2Cl)c1C(c1ccccc1)C(C)CCS(=O)(=O)O. The maximum atomic E-state index is 13.5. The fourth-order valence-electron chi connectivity index (χ4n) is 5.05. The van der Waals surface area contributed by atoms with Crippen LogP contribution >= 0.6 is 23.2 Å². The molecule has 1 amide bonds. The van der Waals surface area contributed by atoms with E-state index in [1.54, 1.807) is 22.9 Å². The summed E-state index contributed by atoms with van der Waals surface area (Å²) < 4.78 is 34.3. The molecule has 11 heteroatoms. The van der Waals surface area contributed by atoms with E-state index in [1.807, 2.05) is 49.2 Å². The molecule has 2 aromatic carbocycles. The van der Waals surface area contributed by atoms with E-state index in [9.17, 15) is 17.8 Å². The Kier molecular flexibility index (Phi) is 9.15. The molecule has 1 saturated heterocycles. The van der Waals surface area contributed by atoms with Crippen molar-refractivity contribution in [3.05, 3.63) is 81.1 Å². The van der Waals surface area contributed by atoms with Gasteiger partial charge in [0.15, 0.2) is 5.69 Å². The molecular formula is C27H32Cl2N4O4S. The number of piperidine rings is 1. The van der Waals surface area contributed by atoms with Gasteiger partial charge in [-0.05, 0) is 55.9 Å². The van der Waals surface area contributed by atoms with E-state index in [2.05, 4.69) is 5.43 Å². The van der Waals surface area contributed by atoms with Crippen LogP contribution in [0.15, 0.2) is 48.5 Å². The molecule has 0 radical (unpaired) electrons. The molecule has 204 valence electrons. The summed E-state index contributed by atoms with van der Waals surface area (Å²) in [5, 5.41) is 7.50. The van der Waals surface area contributed by atoms with Crippen molar-refractivity contribution >= 4 is 39.2 Å². The van der Waals surface area contributed by atoms with Crippen LogP contribution in [0.25, 0.3) is 5.69 Å². The molecule has 2 N–H and O–H groups in total. The molecule has 1 aromatic heterocycles. The number of carbonyl (C=O) groups excluding carboxylic acids is 1. The Morgan fingerprint density at radius 3 is 2.42 bits per heavy atom. The highest BCUT2D eigenvalue weighted by Crippen LogP contribution is 2.39. The van der Waals surface area contributed by atoms with Gasteiger partial charge < -0.3 is 0 Å². The lowest BCUT2D eigenvalue weighted by Gasteiger charge is -2.27. The second kappa shape index (κ2) is 12.2. The topological polar surface area (TPSA) is 105 Å². The Labute approximate surface area is 233 Å². The summed E-state index contributed by atoms with van der Waals surface area (Å²) >= 11 is 12.8. The first-order valence-electron chi connectivity index (χ1n) is 12.7. The summed E-state index contributed by atoms with van der Waals surface area (Å²) in [6.07, 6.45) is 3.37. The standard InChI is InChI=1S/C27H32Cl2N4O4S/c1-18(13-16-38(35,36)37)24(20-9-5-3-6-10-20)26-19(2)25(27(34)31-32-14-7-4-8-15-32)30-33(26)23-12-11-21(28)17-22(23)29/h3,5-6,9-12,17-18,24H,4,7-8,13-16H2,1-2H3,(H,31,34)(H,35,36,37). The first-order chi connectivity index (χ1) is 18.0. The second-order valence-corrected chi connectivity index (χ2v) is 12.2. The Bertz CT molecular complexity index is 1390. The minimum Gasteiger partial charge on any atom is -0.286 e. The number of hydrogen-bond donors (Lipinski definition) is 2. The molecule has 0 aliphatic carbocycles. The second-order valence-electron chi connectivity index (χ2n) is 9.80. The maximum Gasteiger partial charge on any atom is 0.286 e. The van der Waals surface area contributed by atoms with Crippen molar-refractivity contribution in [1.29, 1.82) is 0 Å². The van der Waals surface area contributed by atoms with Crippen LogP contribution in [0, 0.1) is 12.8 Å². The number of carbonyl (C=O) groups is 1. The van der Waals surface area contributed by atoms with Crippen LogP contribution in [-0.4, -0.2) is 52.5 Å². The summed E-state index contributed by atoms with van der Waals surface area (Å²) in [5.41, 5.74) is 6.11. The van der Waals surface area contributed by atoms with Gasteiger partial charge in [0.1, 0.15) is 0 Å². The van der Waals surface area contributed by atoms with Crippen LogP contribution in [0.2, 0.25) is 10.0 Å². The highest BCUT2D eigenvalue weighted by molar-refractivity contribution is 7.85. The van der Waals surface area contributed by atoms with E-state index in [0.29, 0.717) is 27.0 Å². The molecule has 1 fully saturated rings. The van der Waals surface area contributed by atoms with Crippen molar-refractivity contribution in [1.82, 2.24) is 20.2 Å². The summed E-state index contributed by atoms with van der Waals surface area (Å²) in [4.78, 5) is 13.5. The zero-order valence-corrected chi connectivity index (χ0v) is 23.7. The van der Waals surface area contributed by atoms with E-state index in [-0.39, 0.29) is 35.6 Å². The third-order valence-corrected chi connectivity index (χ3v) is 8.28. The van der Waals surface area contributed by atoms with Gasteiger partial charge in [-0.15, -0.1) is 0 Å². The number of halogens is 2. The Balaban J connectivity index is 1.86. The summed E-state index contributed by atoms with van der Waals surface area (Å²) in [6, 6.07) is 14.7. The third kappa shape index (κ3) is 6.76. The number of benzene rings is 2. The zero-order valence-electron chi connectivity index (χ0n) is 21.4. The van der Waals surface area contributed by atoms with Crippen molar-refractivity contribution in [2.75, 3.05) is 18.8 Å². The summed E-state index contributed by atoms with van der Waals surface area (Å²) in [6.45, 7) is 5.33. The quantitative estimate of drug-likeness (QED) is 0.317. The number of nitrogens with zero attached hydrogens (tertiary/aromatic N) is 3. The number of hydrogen-bond acceptors (Lipinski definition) is 5. The third-order valence-electron chi connectivity index (χ3n) is 6.99. The molecule has 8 nitrogen and oxygen atoms in total. The average molecular weight is 580 g/mol. The van der Waals surface area contributed by atoms with Crippen LogP contribution < -0.4 is 5.43 Å². The number of rotatable bonds is 9. The Morgan fingerprint density at radius 1 is 1.11 bits per heavy atom. The highest BCUT2D eigenvalue weighted by atomic mass is 35.5. The fourth-order valence-corrected chi connectivity index (χ4v) is 6.20. The predicted octanol–water partition coefficient (Wildman–Crippen LogP) is 5.66. The molecule has 0 bridgehead atoms. The van der Waals surface area contributed by atoms with Gasteiger partial charge in [0, 0.05) is 29.6 Å². The minimum absolute atomic E-state index is 0.201. The van der Waals surface area contributed by atoms with E-state index < -0.39 is 10.1 Å². The molecule has 2 atom stereocenters. The molecule has 0 spiro atoms. The normalized spacial score (nSPS) is 16.2. The Morgan fingerprint density at radius 2 is 1.79 bits per heavy atom.